The van der Waals surface area contributed by atoms with Crippen LogP contribution in [0.5, 0.6) is 0 Å². The van der Waals surface area contributed by atoms with Crippen LogP contribution < -0.4 is 16.8 Å². The molecule has 0 radical (unpaired) electrons. The highest BCUT2D eigenvalue weighted by Crippen LogP contribution is 2.27. The van der Waals surface area contributed by atoms with Crippen LogP contribution in [0.4, 0.5) is 10.8 Å². The number of nitrogens with zero attached hydrogens (tertiary/aromatic N) is 1. The lowest BCUT2D eigenvalue weighted by Crippen LogP contribution is -2.20. The Balaban J connectivity index is 1.86. The van der Waals surface area contributed by atoms with Gasteiger partial charge in [-0.3, -0.25) is 4.79 Å². The maximum atomic E-state index is 10.4. The van der Waals surface area contributed by atoms with E-state index in [0.29, 0.717) is 13.2 Å². The van der Waals surface area contributed by atoms with Crippen LogP contribution in [0.25, 0.3) is 10.2 Å². The first-order valence-electron chi connectivity index (χ1n) is 5.41. The summed E-state index contributed by atoms with van der Waals surface area (Å²) in [6, 6.07) is 5.60. The predicted octanol–water partition coefficient (Wildman–Crippen LogP) is 0.792. The van der Waals surface area contributed by atoms with Crippen LogP contribution in [0.2, 0.25) is 0 Å². The van der Waals surface area contributed by atoms with Crippen molar-refractivity contribution in [3.8, 4) is 0 Å². The molecular formula is C11H14N4O2S. The van der Waals surface area contributed by atoms with Crippen molar-refractivity contribution in [1.82, 2.24) is 4.98 Å². The van der Waals surface area contributed by atoms with E-state index < -0.39 is 5.91 Å². The number of fused-ring (bicyclic) bond motifs is 1. The van der Waals surface area contributed by atoms with Crippen molar-refractivity contribution >= 4 is 38.3 Å². The Kier molecular flexibility index (Phi) is 3.96. The van der Waals surface area contributed by atoms with E-state index in [0.717, 1.165) is 21.0 Å². The molecule has 6 nitrogen and oxygen atoms in total. The second-order valence-electron chi connectivity index (χ2n) is 3.69. The van der Waals surface area contributed by atoms with Gasteiger partial charge in [0.2, 0.25) is 5.91 Å². The summed E-state index contributed by atoms with van der Waals surface area (Å²) in [5, 5.41) is 3.92. The number of aromatic nitrogens is 1. The molecule has 1 aromatic carbocycles. The Hall–Kier alpha value is -1.86. The summed E-state index contributed by atoms with van der Waals surface area (Å²) in [4.78, 5) is 14.8. The van der Waals surface area contributed by atoms with Gasteiger partial charge in [-0.2, -0.15) is 0 Å². The standard InChI is InChI=1S/C11H14N4O2S/c12-7-1-2-8-9(5-7)18-11(15-8)14-3-4-17-6-10(13)16/h1-2,5H,3-4,6,12H2,(H2,13,16)(H,14,15). The Bertz CT molecular complexity index is 555. The van der Waals surface area contributed by atoms with Crippen LogP contribution >= 0.6 is 11.3 Å². The van der Waals surface area contributed by atoms with E-state index in [1.807, 2.05) is 18.2 Å². The van der Waals surface area contributed by atoms with Gasteiger partial charge in [0.25, 0.3) is 0 Å². The van der Waals surface area contributed by atoms with Crippen molar-refractivity contribution in [2.24, 2.45) is 5.73 Å². The number of benzene rings is 1. The number of primary amides is 1. The molecule has 2 rings (SSSR count). The van der Waals surface area contributed by atoms with Crippen LogP contribution in [0, 0.1) is 0 Å². The minimum Gasteiger partial charge on any atom is -0.399 e. The normalized spacial score (nSPS) is 10.7. The van der Waals surface area contributed by atoms with Crippen molar-refractivity contribution in [3.63, 3.8) is 0 Å². The summed E-state index contributed by atoms with van der Waals surface area (Å²) in [6.45, 7) is 0.918. The monoisotopic (exact) mass is 266 g/mol. The highest BCUT2D eigenvalue weighted by Gasteiger charge is 2.03. The molecule has 0 unspecified atom stereocenters. The van der Waals surface area contributed by atoms with Gasteiger partial charge >= 0.3 is 0 Å². The quantitative estimate of drug-likeness (QED) is 0.530. The molecule has 1 heterocycles. The number of amides is 1. The fraction of sp³-hybridized carbons (Fsp3) is 0.273. The topological polar surface area (TPSA) is 103 Å². The van der Waals surface area contributed by atoms with Gasteiger partial charge in [-0.15, -0.1) is 0 Å². The molecule has 0 spiro atoms. The van der Waals surface area contributed by atoms with Crippen molar-refractivity contribution in [1.29, 1.82) is 0 Å². The molecule has 0 aliphatic carbocycles. The Morgan fingerprint density at radius 2 is 2.33 bits per heavy atom. The molecular weight excluding hydrogens is 252 g/mol. The SMILES string of the molecule is NC(=O)COCCNc1nc2ccc(N)cc2s1. The lowest BCUT2D eigenvalue weighted by atomic mass is 10.3. The maximum Gasteiger partial charge on any atom is 0.243 e. The highest BCUT2D eigenvalue weighted by molar-refractivity contribution is 7.22. The van der Waals surface area contributed by atoms with Gasteiger partial charge in [0.15, 0.2) is 5.13 Å². The smallest absolute Gasteiger partial charge is 0.243 e. The number of hydrogen-bond donors (Lipinski definition) is 3. The highest BCUT2D eigenvalue weighted by atomic mass is 32.1. The second-order valence-corrected chi connectivity index (χ2v) is 4.72. The first-order valence-corrected chi connectivity index (χ1v) is 6.23. The van der Waals surface area contributed by atoms with E-state index in [-0.39, 0.29) is 6.61 Å². The van der Waals surface area contributed by atoms with Gasteiger partial charge in [0.05, 0.1) is 16.8 Å². The molecule has 0 bridgehead atoms. The van der Waals surface area contributed by atoms with Gasteiger partial charge in [-0.1, -0.05) is 11.3 Å². The van der Waals surface area contributed by atoms with E-state index in [1.54, 1.807) is 0 Å². The molecule has 0 aliphatic heterocycles. The van der Waals surface area contributed by atoms with Crippen LogP contribution in [0.1, 0.15) is 0 Å². The summed E-state index contributed by atoms with van der Waals surface area (Å²) >= 11 is 1.53. The Labute approximate surface area is 108 Å². The molecule has 0 atom stereocenters. The van der Waals surface area contributed by atoms with Gasteiger partial charge in [-0.25, -0.2) is 4.98 Å². The molecule has 5 N–H and O–H groups in total. The summed E-state index contributed by atoms with van der Waals surface area (Å²) in [7, 11) is 0. The average molecular weight is 266 g/mol. The maximum absolute atomic E-state index is 10.4. The van der Waals surface area contributed by atoms with Crippen molar-refractivity contribution in [2.75, 3.05) is 30.8 Å². The number of hydrogen-bond acceptors (Lipinski definition) is 6. The number of rotatable bonds is 6. The third kappa shape index (κ3) is 3.31. The van der Waals surface area contributed by atoms with Crippen molar-refractivity contribution < 1.29 is 9.53 Å². The van der Waals surface area contributed by atoms with Crippen LogP contribution in [0.15, 0.2) is 18.2 Å². The average Bonchev–Trinajstić information content (AvgIpc) is 2.70. The second kappa shape index (κ2) is 5.65. The number of nitrogens with two attached hydrogens (primary N) is 2. The van der Waals surface area contributed by atoms with E-state index in [9.17, 15) is 4.79 Å². The van der Waals surface area contributed by atoms with E-state index in [1.165, 1.54) is 11.3 Å². The van der Waals surface area contributed by atoms with Crippen molar-refractivity contribution in [2.45, 2.75) is 0 Å². The summed E-state index contributed by atoms with van der Waals surface area (Å²) in [6.07, 6.45) is 0. The Morgan fingerprint density at radius 1 is 1.50 bits per heavy atom. The summed E-state index contributed by atoms with van der Waals surface area (Å²) < 4.78 is 6.07. The zero-order chi connectivity index (χ0) is 13.0. The lowest BCUT2D eigenvalue weighted by Gasteiger charge is -2.02. The molecule has 0 saturated carbocycles. The molecule has 2 aromatic rings. The molecule has 7 heteroatoms. The lowest BCUT2D eigenvalue weighted by molar-refractivity contribution is -0.122. The van der Waals surface area contributed by atoms with Crippen LogP contribution in [0.3, 0.4) is 0 Å². The molecule has 0 saturated heterocycles. The molecule has 1 aromatic heterocycles. The van der Waals surface area contributed by atoms with Gasteiger partial charge in [-0.05, 0) is 18.2 Å². The minimum atomic E-state index is -0.467. The summed E-state index contributed by atoms with van der Waals surface area (Å²) in [5.41, 5.74) is 12.3. The number of carbonyl (C=O) groups excluding carboxylic acids is 1. The van der Waals surface area contributed by atoms with E-state index in [4.69, 9.17) is 16.2 Å². The number of carbonyl (C=O) groups is 1. The molecule has 0 fully saturated rings. The van der Waals surface area contributed by atoms with E-state index in [2.05, 4.69) is 10.3 Å². The predicted molar refractivity (Wildman–Crippen MR) is 72.5 cm³/mol. The minimum absolute atomic E-state index is 0.0575. The molecule has 96 valence electrons. The largest absolute Gasteiger partial charge is 0.399 e. The van der Waals surface area contributed by atoms with Gasteiger partial charge in [0, 0.05) is 12.2 Å². The van der Waals surface area contributed by atoms with Crippen LogP contribution in [-0.2, 0) is 9.53 Å². The third-order valence-corrected chi connectivity index (χ3v) is 3.16. The number of nitrogens with one attached hydrogen (secondary N) is 1. The molecule has 0 aliphatic rings. The number of anilines is 2. The first kappa shape index (κ1) is 12.6. The molecule has 1 amide bonds. The summed E-state index contributed by atoms with van der Waals surface area (Å²) in [5.74, 6) is -0.467. The third-order valence-electron chi connectivity index (χ3n) is 2.18. The number of thiazole rings is 1. The first-order chi connectivity index (χ1) is 8.65. The zero-order valence-electron chi connectivity index (χ0n) is 9.68. The fourth-order valence-corrected chi connectivity index (χ4v) is 2.36. The van der Waals surface area contributed by atoms with E-state index >= 15 is 0 Å². The number of ether oxygens (including phenoxy) is 1. The van der Waals surface area contributed by atoms with Crippen LogP contribution in [-0.4, -0.2) is 30.6 Å². The Morgan fingerprint density at radius 3 is 3.11 bits per heavy atom. The fourth-order valence-electron chi connectivity index (χ4n) is 1.42. The number of nitrogen functional groups attached to an aromatic ring is 1. The van der Waals surface area contributed by atoms with Crippen molar-refractivity contribution in [3.05, 3.63) is 18.2 Å². The zero-order valence-corrected chi connectivity index (χ0v) is 10.5. The van der Waals surface area contributed by atoms with Gasteiger partial charge < -0.3 is 21.5 Å². The van der Waals surface area contributed by atoms with Gasteiger partial charge in [0.1, 0.15) is 6.61 Å². The molecule has 18 heavy (non-hydrogen) atoms.